The zero-order chi connectivity index (χ0) is 12.1. The van der Waals surface area contributed by atoms with Gasteiger partial charge in [0.2, 0.25) is 0 Å². The van der Waals surface area contributed by atoms with Gasteiger partial charge < -0.3 is 14.8 Å². The van der Waals surface area contributed by atoms with Gasteiger partial charge in [-0.15, -0.1) is 0 Å². The molecule has 1 aromatic carbocycles. The van der Waals surface area contributed by atoms with Crippen LogP contribution in [0.4, 0.5) is 0 Å². The van der Waals surface area contributed by atoms with Crippen LogP contribution in [-0.2, 0) is 4.74 Å². The molecule has 3 heteroatoms. The number of hydrogen-bond donors (Lipinski definition) is 1. The van der Waals surface area contributed by atoms with E-state index in [9.17, 15) is 0 Å². The van der Waals surface area contributed by atoms with Crippen molar-refractivity contribution in [2.75, 3.05) is 20.2 Å². The topological polar surface area (TPSA) is 30.5 Å². The van der Waals surface area contributed by atoms with Gasteiger partial charge in [0.15, 0.2) is 0 Å². The largest absolute Gasteiger partial charge is 0.491 e. The molecule has 2 unspecified atom stereocenters. The first-order valence-corrected chi connectivity index (χ1v) is 6.27. The normalized spacial score (nSPS) is 23.9. The lowest BCUT2D eigenvalue weighted by atomic mass is 10.2. The van der Waals surface area contributed by atoms with Crippen LogP contribution in [0, 0.1) is 6.92 Å². The molecule has 0 saturated carbocycles. The lowest BCUT2D eigenvalue weighted by Crippen LogP contribution is -2.25. The van der Waals surface area contributed by atoms with E-state index < -0.39 is 0 Å². The summed E-state index contributed by atoms with van der Waals surface area (Å²) in [6.45, 7) is 3.66. The Morgan fingerprint density at radius 3 is 2.94 bits per heavy atom. The minimum atomic E-state index is 0.244. The summed E-state index contributed by atoms with van der Waals surface area (Å²) in [5.74, 6) is 0.936. The van der Waals surface area contributed by atoms with Gasteiger partial charge in [-0.05, 0) is 44.5 Å². The Morgan fingerprint density at radius 2 is 2.18 bits per heavy atom. The van der Waals surface area contributed by atoms with E-state index in [4.69, 9.17) is 9.47 Å². The van der Waals surface area contributed by atoms with E-state index >= 15 is 0 Å². The lowest BCUT2D eigenvalue weighted by molar-refractivity contribution is 0.0193. The van der Waals surface area contributed by atoms with Crippen molar-refractivity contribution in [3.05, 3.63) is 29.8 Å². The summed E-state index contributed by atoms with van der Waals surface area (Å²) in [6.07, 6.45) is 2.82. The fourth-order valence-corrected chi connectivity index (χ4v) is 2.17. The van der Waals surface area contributed by atoms with Gasteiger partial charge in [0, 0.05) is 6.54 Å². The molecule has 1 N–H and O–H groups in total. The van der Waals surface area contributed by atoms with Crippen LogP contribution in [0.25, 0.3) is 0 Å². The number of likely N-dealkylation sites (N-methyl/N-ethyl adjacent to an activating group) is 1. The highest BCUT2D eigenvalue weighted by Gasteiger charge is 2.24. The summed E-state index contributed by atoms with van der Waals surface area (Å²) >= 11 is 0. The maximum Gasteiger partial charge on any atom is 0.119 e. The molecule has 0 amide bonds. The molecule has 1 saturated heterocycles. The third-order valence-electron chi connectivity index (χ3n) is 3.05. The third-order valence-corrected chi connectivity index (χ3v) is 3.05. The molecule has 2 rings (SSSR count). The SMILES string of the molecule is CNCC1CCC(COc2cccc(C)c2)O1. The van der Waals surface area contributed by atoms with Crippen molar-refractivity contribution >= 4 is 0 Å². The smallest absolute Gasteiger partial charge is 0.119 e. The number of rotatable bonds is 5. The van der Waals surface area contributed by atoms with Crippen molar-refractivity contribution < 1.29 is 9.47 Å². The van der Waals surface area contributed by atoms with Crippen LogP contribution in [0.3, 0.4) is 0 Å². The van der Waals surface area contributed by atoms with E-state index in [1.54, 1.807) is 0 Å². The van der Waals surface area contributed by atoms with E-state index in [1.165, 1.54) is 5.56 Å². The second-order valence-electron chi connectivity index (χ2n) is 4.64. The van der Waals surface area contributed by atoms with E-state index in [2.05, 4.69) is 24.4 Å². The fraction of sp³-hybridized carbons (Fsp3) is 0.571. The van der Waals surface area contributed by atoms with Crippen molar-refractivity contribution in [2.24, 2.45) is 0 Å². The fourth-order valence-electron chi connectivity index (χ4n) is 2.17. The molecular formula is C14H21NO2. The van der Waals surface area contributed by atoms with Crippen molar-refractivity contribution in [2.45, 2.75) is 32.0 Å². The Bertz CT molecular complexity index is 354. The standard InChI is InChI=1S/C14H21NO2/c1-11-4-3-5-12(8-11)16-10-14-7-6-13(17-14)9-15-2/h3-5,8,13-15H,6-7,9-10H2,1-2H3. The van der Waals surface area contributed by atoms with Crippen LogP contribution < -0.4 is 10.1 Å². The van der Waals surface area contributed by atoms with Crippen LogP contribution in [0.1, 0.15) is 18.4 Å². The third kappa shape index (κ3) is 3.72. The van der Waals surface area contributed by atoms with Gasteiger partial charge in [0.1, 0.15) is 12.4 Å². The van der Waals surface area contributed by atoms with Crippen molar-refractivity contribution in [1.29, 1.82) is 0 Å². The summed E-state index contributed by atoms with van der Waals surface area (Å²) in [7, 11) is 1.96. The van der Waals surface area contributed by atoms with Crippen molar-refractivity contribution in [3.63, 3.8) is 0 Å². The van der Waals surface area contributed by atoms with Crippen LogP contribution in [0.5, 0.6) is 5.75 Å². The average Bonchev–Trinajstić information content (AvgIpc) is 2.75. The zero-order valence-corrected chi connectivity index (χ0v) is 10.6. The van der Waals surface area contributed by atoms with E-state index in [-0.39, 0.29) is 6.10 Å². The van der Waals surface area contributed by atoms with Gasteiger partial charge in [-0.25, -0.2) is 0 Å². The van der Waals surface area contributed by atoms with E-state index in [0.29, 0.717) is 12.7 Å². The molecule has 0 bridgehead atoms. The number of nitrogens with one attached hydrogen (secondary N) is 1. The highest BCUT2D eigenvalue weighted by Crippen LogP contribution is 2.21. The monoisotopic (exact) mass is 235 g/mol. The van der Waals surface area contributed by atoms with Gasteiger partial charge in [-0.3, -0.25) is 0 Å². The maximum atomic E-state index is 5.87. The first-order valence-electron chi connectivity index (χ1n) is 6.27. The molecular weight excluding hydrogens is 214 g/mol. The molecule has 0 radical (unpaired) electrons. The Morgan fingerprint density at radius 1 is 1.35 bits per heavy atom. The second kappa shape index (κ2) is 6.03. The Labute approximate surface area is 103 Å². The van der Waals surface area contributed by atoms with Gasteiger partial charge in [0.05, 0.1) is 12.2 Å². The van der Waals surface area contributed by atoms with Crippen LogP contribution in [0.15, 0.2) is 24.3 Å². The first kappa shape index (κ1) is 12.4. The van der Waals surface area contributed by atoms with E-state index in [0.717, 1.165) is 25.1 Å². The second-order valence-corrected chi connectivity index (χ2v) is 4.64. The van der Waals surface area contributed by atoms with Gasteiger partial charge in [-0.1, -0.05) is 12.1 Å². The summed E-state index contributed by atoms with van der Waals surface area (Å²) in [5, 5.41) is 3.15. The number of ether oxygens (including phenoxy) is 2. The van der Waals surface area contributed by atoms with Gasteiger partial charge in [0.25, 0.3) is 0 Å². The Balaban J connectivity index is 1.76. The first-order chi connectivity index (χ1) is 8.28. The maximum absolute atomic E-state index is 5.87. The summed E-state index contributed by atoms with van der Waals surface area (Å²) in [6, 6.07) is 8.14. The zero-order valence-electron chi connectivity index (χ0n) is 10.6. The van der Waals surface area contributed by atoms with Crippen molar-refractivity contribution in [3.8, 4) is 5.75 Å². The Kier molecular flexibility index (Phi) is 4.40. The quantitative estimate of drug-likeness (QED) is 0.848. The van der Waals surface area contributed by atoms with Gasteiger partial charge in [-0.2, -0.15) is 0 Å². The molecule has 94 valence electrons. The van der Waals surface area contributed by atoms with Gasteiger partial charge >= 0.3 is 0 Å². The molecule has 1 fully saturated rings. The highest BCUT2D eigenvalue weighted by atomic mass is 16.5. The Hall–Kier alpha value is -1.06. The minimum Gasteiger partial charge on any atom is -0.491 e. The predicted octanol–water partition coefficient (Wildman–Crippen LogP) is 2.14. The number of benzene rings is 1. The van der Waals surface area contributed by atoms with Crippen LogP contribution >= 0.6 is 0 Å². The summed E-state index contributed by atoms with van der Waals surface area (Å²) < 4.78 is 11.6. The molecule has 0 aliphatic carbocycles. The number of aryl methyl sites for hydroxylation is 1. The molecule has 0 aromatic heterocycles. The molecule has 17 heavy (non-hydrogen) atoms. The summed E-state index contributed by atoms with van der Waals surface area (Å²) in [4.78, 5) is 0. The summed E-state index contributed by atoms with van der Waals surface area (Å²) in [5.41, 5.74) is 1.22. The van der Waals surface area contributed by atoms with Crippen LogP contribution in [0.2, 0.25) is 0 Å². The molecule has 1 aliphatic heterocycles. The van der Waals surface area contributed by atoms with Crippen LogP contribution in [-0.4, -0.2) is 32.4 Å². The predicted molar refractivity (Wildman–Crippen MR) is 68.5 cm³/mol. The lowest BCUT2D eigenvalue weighted by Gasteiger charge is -2.14. The molecule has 1 heterocycles. The molecule has 0 spiro atoms. The highest BCUT2D eigenvalue weighted by molar-refractivity contribution is 5.27. The van der Waals surface area contributed by atoms with E-state index in [1.807, 2.05) is 19.2 Å². The molecule has 1 aromatic rings. The van der Waals surface area contributed by atoms with Crippen molar-refractivity contribution in [1.82, 2.24) is 5.32 Å². The average molecular weight is 235 g/mol. The minimum absolute atomic E-state index is 0.244. The molecule has 1 aliphatic rings. The molecule has 3 nitrogen and oxygen atoms in total. The number of hydrogen-bond acceptors (Lipinski definition) is 3. The molecule has 2 atom stereocenters.